The van der Waals surface area contributed by atoms with Gasteiger partial charge in [-0.3, -0.25) is 0 Å². The molecule has 2 saturated carbocycles. The third-order valence-electron chi connectivity index (χ3n) is 5.20. The first kappa shape index (κ1) is 14.3. The fourth-order valence-corrected chi connectivity index (χ4v) is 3.68. The quantitative estimate of drug-likeness (QED) is 0.698. The molecular formula is C16H31NO. The van der Waals surface area contributed by atoms with Gasteiger partial charge in [0.25, 0.3) is 0 Å². The molecule has 2 nitrogen and oxygen atoms in total. The monoisotopic (exact) mass is 253 g/mol. The van der Waals surface area contributed by atoms with Crippen molar-refractivity contribution in [1.29, 1.82) is 0 Å². The van der Waals surface area contributed by atoms with Crippen LogP contribution < -0.4 is 5.32 Å². The summed E-state index contributed by atoms with van der Waals surface area (Å²) in [6.45, 7) is 8.82. The lowest BCUT2D eigenvalue weighted by molar-refractivity contribution is -0.114. The van der Waals surface area contributed by atoms with Crippen molar-refractivity contribution in [2.24, 2.45) is 11.3 Å². The normalized spacial score (nSPS) is 31.5. The van der Waals surface area contributed by atoms with Gasteiger partial charge in [-0.2, -0.15) is 0 Å². The van der Waals surface area contributed by atoms with Crippen molar-refractivity contribution in [2.45, 2.75) is 77.9 Å². The molecule has 0 aromatic carbocycles. The Balaban J connectivity index is 1.57. The Labute approximate surface area is 113 Å². The molecule has 0 aromatic heterocycles. The highest BCUT2D eigenvalue weighted by Gasteiger charge is 2.48. The van der Waals surface area contributed by atoms with E-state index in [2.05, 4.69) is 26.1 Å². The van der Waals surface area contributed by atoms with E-state index in [0.717, 1.165) is 12.5 Å². The molecule has 2 aliphatic carbocycles. The molecule has 1 N–H and O–H groups in total. The number of hydrogen-bond donors (Lipinski definition) is 1. The first-order valence-electron chi connectivity index (χ1n) is 7.99. The lowest BCUT2D eigenvalue weighted by Crippen LogP contribution is -2.61. The van der Waals surface area contributed by atoms with Gasteiger partial charge in [0, 0.05) is 18.1 Å². The Morgan fingerprint density at radius 3 is 2.56 bits per heavy atom. The van der Waals surface area contributed by atoms with E-state index < -0.39 is 0 Å². The second-order valence-corrected chi connectivity index (χ2v) is 6.80. The van der Waals surface area contributed by atoms with Crippen molar-refractivity contribution in [3.63, 3.8) is 0 Å². The van der Waals surface area contributed by atoms with Crippen LogP contribution in [0.4, 0.5) is 0 Å². The average Bonchev–Trinajstić information content (AvgIpc) is 2.84. The van der Waals surface area contributed by atoms with Gasteiger partial charge in [0.2, 0.25) is 0 Å². The van der Waals surface area contributed by atoms with E-state index in [1.165, 1.54) is 51.5 Å². The number of nitrogens with one attached hydrogen (secondary N) is 1. The smallest absolute Gasteiger partial charge is 0.0655 e. The molecule has 2 unspecified atom stereocenters. The molecule has 0 saturated heterocycles. The highest BCUT2D eigenvalue weighted by Crippen LogP contribution is 2.42. The van der Waals surface area contributed by atoms with Crippen LogP contribution >= 0.6 is 0 Å². The molecule has 0 amide bonds. The standard InChI is InChI=1S/C16H31NO/c1-4-18-15-12-14(16(15,2)3)17-11-7-10-13-8-5-6-9-13/h13-15,17H,4-12H2,1-3H3. The second kappa shape index (κ2) is 6.38. The van der Waals surface area contributed by atoms with Crippen LogP contribution in [0.15, 0.2) is 0 Å². The predicted molar refractivity (Wildman–Crippen MR) is 76.8 cm³/mol. The van der Waals surface area contributed by atoms with Crippen LogP contribution in [0.2, 0.25) is 0 Å². The van der Waals surface area contributed by atoms with E-state index in [0.29, 0.717) is 17.6 Å². The summed E-state index contributed by atoms with van der Waals surface area (Å²) in [5, 5.41) is 3.74. The first-order valence-corrected chi connectivity index (χ1v) is 7.99. The maximum Gasteiger partial charge on any atom is 0.0655 e. The molecule has 2 heteroatoms. The van der Waals surface area contributed by atoms with Crippen LogP contribution in [-0.4, -0.2) is 25.3 Å². The Bertz CT molecular complexity index is 245. The van der Waals surface area contributed by atoms with Gasteiger partial charge in [-0.25, -0.2) is 0 Å². The van der Waals surface area contributed by atoms with E-state index in [4.69, 9.17) is 4.74 Å². The molecule has 2 fully saturated rings. The fourth-order valence-electron chi connectivity index (χ4n) is 3.68. The first-order chi connectivity index (χ1) is 8.64. The summed E-state index contributed by atoms with van der Waals surface area (Å²) < 4.78 is 5.77. The largest absolute Gasteiger partial charge is 0.378 e. The van der Waals surface area contributed by atoms with Crippen molar-refractivity contribution in [2.75, 3.05) is 13.2 Å². The van der Waals surface area contributed by atoms with Crippen LogP contribution in [0.5, 0.6) is 0 Å². The fraction of sp³-hybridized carbons (Fsp3) is 1.00. The molecule has 0 radical (unpaired) electrons. The van der Waals surface area contributed by atoms with Gasteiger partial charge in [-0.15, -0.1) is 0 Å². The number of rotatable bonds is 7. The molecule has 2 rings (SSSR count). The van der Waals surface area contributed by atoms with Crippen LogP contribution in [0.3, 0.4) is 0 Å². The Hall–Kier alpha value is -0.0800. The average molecular weight is 253 g/mol. The summed E-state index contributed by atoms with van der Waals surface area (Å²) >= 11 is 0. The van der Waals surface area contributed by atoms with E-state index in [1.54, 1.807) is 0 Å². The Kier molecular flexibility index (Phi) is 5.08. The second-order valence-electron chi connectivity index (χ2n) is 6.80. The lowest BCUT2D eigenvalue weighted by atomic mass is 9.64. The van der Waals surface area contributed by atoms with Gasteiger partial charge in [-0.05, 0) is 38.6 Å². The minimum Gasteiger partial charge on any atom is -0.378 e. The molecule has 0 aliphatic heterocycles. The van der Waals surface area contributed by atoms with Crippen molar-refractivity contribution >= 4 is 0 Å². The van der Waals surface area contributed by atoms with Crippen LogP contribution in [0.1, 0.15) is 65.7 Å². The van der Waals surface area contributed by atoms with Crippen molar-refractivity contribution in [3.8, 4) is 0 Å². The maximum atomic E-state index is 5.77. The molecular weight excluding hydrogens is 222 g/mol. The van der Waals surface area contributed by atoms with Gasteiger partial charge in [0.05, 0.1) is 6.10 Å². The summed E-state index contributed by atoms with van der Waals surface area (Å²) in [5.41, 5.74) is 0.323. The zero-order chi connectivity index (χ0) is 13.0. The van der Waals surface area contributed by atoms with E-state index in [1.807, 2.05) is 0 Å². The summed E-state index contributed by atoms with van der Waals surface area (Å²) in [7, 11) is 0. The topological polar surface area (TPSA) is 21.3 Å². The van der Waals surface area contributed by atoms with Gasteiger partial charge >= 0.3 is 0 Å². The maximum absolute atomic E-state index is 5.77. The van der Waals surface area contributed by atoms with E-state index >= 15 is 0 Å². The highest BCUT2D eigenvalue weighted by molar-refractivity contribution is 5.02. The van der Waals surface area contributed by atoms with Crippen LogP contribution in [0, 0.1) is 11.3 Å². The van der Waals surface area contributed by atoms with Gasteiger partial charge < -0.3 is 10.1 Å². The summed E-state index contributed by atoms with van der Waals surface area (Å²) in [4.78, 5) is 0. The number of ether oxygens (including phenoxy) is 1. The molecule has 0 spiro atoms. The van der Waals surface area contributed by atoms with Crippen molar-refractivity contribution in [1.82, 2.24) is 5.32 Å². The lowest BCUT2D eigenvalue weighted by Gasteiger charge is -2.52. The predicted octanol–water partition coefficient (Wildman–Crippen LogP) is 3.75. The molecule has 2 atom stereocenters. The summed E-state index contributed by atoms with van der Waals surface area (Å²) in [5.74, 6) is 1.04. The van der Waals surface area contributed by atoms with Crippen LogP contribution in [-0.2, 0) is 4.74 Å². The third kappa shape index (κ3) is 3.27. The van der Waals surface area contributed by atoms with E-state index in [-0.39, 0.29) is 0 Å². The highest BCUT2D eigenvalue weighted by atomic mass is 16.5. The third-order valence-corrected chi connectivity index (χ3v) is 5.20. The molecule has 0 aromatic rings. The van der Waals surface area contributed by atoms with Crippen LogP contribution in [0.25, 0.3) is 0 Å². The molecule has 0 heterocycles. The minimum atomic E-state index is 0.323. The van der Waals surface area contributed by atoms with Gasteiger partial charge in [0.1, 0.15) is 0 Å². The van der Waals surface area contributed by atoms with E-state index in [9.17, 15) is 0 Å². The Morgan fingerprint density at radius 1 is 1.22 bits per heavy atom. The minimum absolute atomic E-state index is 0.323. The Morgan fingerprint density at radius 2 is 1.94 bits per heavy atom. The summed E-state index contributed by atoms with van der Waals surface area (Å²) in [6.07, 6.45) is 10.4. The summed E-state index contributed by atoms with van der Waals surface area (Å²) in [6, 6.07) is 0.664. The molecule has 106 valence electrons. The van der Waals surface area contributed by atoms with Gasteiger partial charge in [-0.1, -0.05) is 39.5 Å². The molecule has 0 bridgehead atoms. The molecule has 2 aliphatic rings. The number of hydrogen-bond acceptors (Lipinski definition) is 2. The van der Waals surface area contributed by atoms with Crippen molar-refractivity contribution < 1.29 is 4.74 Å². The zero-order valence-electron chi connectivity index (χ0n) is 12.5. The molecule has 18 heavy (non-hydrogen) atoms. The SMILES string of the molecule is CCOC1CC(NCCCC2CCCC2)C1(C)C. The van der Waals surface area contributed by atoms with Crippen molar-refractivity contribution in [3.05, 3.63) is 0 Å². The van der Waals surface area contributed by atoms with Gasteiger partial charge in [0.15, 0.2) is 0 Å². The zero-order valence-corrected chi connectivity index (χ0v) is 12.5.